The Morgan fingerprint density at radius 1 is 1.48 bits per heavy atom. The summed E-state index contributed by atoms with van der Waals surface area (Å²) in [5.74, 6) is 0.147. The van der Waals surface area contributed by atoms with E-state index in [1.165, 1.54) is 12.1 Å². The molecule has 1 aromatic rings. The zero-order chi connectivity index (χ0) is 17.3. The van der Waals surface area contributed by atoms with Crippen molar-refractivity contribution in [2.75, 3.05) is 13.2 Å². The van der Waals surface area contributed by atoms with Crippen LogP contribution in [0.3, 0.4) is 0 Å². The van der Waals surface area contributed by atoms with Gasteiger partial charge >= 0.3 is 0 Å². The van der Waals surface area contributed by atoms with E-state index >= 15 is 0 Å². The zero-order valence-electron chi connectivity index (χ0n) is 14.2. The summed E-state index contributed by atoms with van der Waals surface area (Å²) in [5, 5.41) is 11.6. The smallest absolute Gasteiger partial charge is 0.255 e. The molecule has 2 heterocycles. The van der Waals surface area contributed by atoms with Crippen LogP contribution in [0.25, 0.3) is 0 Å². The van der Waals surface area contributed by atoms with Gasteiger partial charge in [0.2, 0.25) is 10.0 Å². The van der Waals surface area contributed by atoms with Gasteiger partial charge in [-0.15, -0.1) is 0 Å². The van der Waals surface area contributed by atoms with Crippen LogP contribution in [0.1, 0.15) is 42.1 Å². The van der Waals surface area contributed by atoms with E-state index in [0.29, 0.717) is 24.3 Å². The van der Waals surface area contributed by atoms with Crippen LogP contribution in [0.2, 0.25) is 0 Å². The minimum atomic E-state index is -3.88. The Hall–Kier alpha value is -1.68. The summed E-state index contributed by atoms with van der Waals surface area (Å²) in [5.41, 5.74) is 0.948. The van der Waals surface area contributed by atoms with Gasteiger partial charge in [0.1, 0.15) is 5.75 Å². The molecule has 140 valence electrons. The second kappa shape index (κ2) is 7.69. The molecule has 25 heavy (non-hydrogen) atoms. The lowest BCUT2D eigenvalue weighted by atomic mass is 10.0. The van der Waals surface area contributed by atoms with E-state index in [1.807, 2.05) is 6.92 Å². The maximum Gasteiger partial charge on any atom is 0.255 e. The monoisotopic (exact) mass is 371 g/mol. The molecule has 0 aliphatic carbocycles. The molecule has 1 fully saturated rings. The molecule has 9 heteroatoms. The van der Waals surface area contributed by atoms with Gasteiger partial charge in [-0.25, -0.2) is 13.6 Å². The largest absolute Gasteiger partial charge is 0.492 e. The second-order valence-corrected chi connectivity index (χ2v) is 7.86. The number of rotatable bonds is 5. The summed E-state index contributed by atoms with van der Waals surface area (Å²) < 4.78 is 28.9. The Balaban J connectivity index is 0.00000225. The number of carbonyl (C=O) groups is 1. The molecule has 6 N–H and O–H groups in total. The number of primary sulfonamides is 1. The zero-order valence-corrected chi connectivity index (χ0v) is 15.0. The molecule has 1 saturated heterocycles. The number of fused-ring (bicyclic) bond motifs is 1. The average Bonchev–Trinajstić information content (AvgIpc) is 3.21. The van der Waals surface area contributed by atoms with E-state index in [1.54, 1.807) is 0 Å². The van der Waals surface area contributed by atoms with Crippen molar-refractivity contribution >= 4 is 15.9 Å². The van der Waals surface area contributed by atoms with Gasteiger partial charge in [-0.3, -0.25) is 4.79 Å². The summed E-state index contributed by atoms with van der Waals surface area (Å²) in [6.07, 6.45) is 3.47. The highest BCUT2D eigenvalue weighted by Gasteiger charge is 2.29. The van der Waals surface area contributed by atoms with E-state index in [2.05, 4.69) is 10.6 Å². The van der Waals surface area contributed by atoms with E-state index in [9.17, 15) is 13.2 Å². The lowest BCUT2D eigenvalue weighted by Crippen LogP contribution is -2.47. The van der Waals surface area contributed by atoms with Gasteiger partial charge in [-0.05, 0) is 43.5 Å². The van der Waals surface area contributed by atoms with Crippen LogP contribution < -0.4 is 20.5 Å². The molecule has 1 amide bonds. The van der Waals surface area contributed by atoms with Gasteiger partial charge in [0, 0.05) is 18.5 Å². The maximum absolute atomic E-state index is 12.8. The molecule has 0 saturated carbocycles. The molecule has 2 unspecified atom stereocenters. The van der Waals surface area contributed by atoms with E-state index in [0.717, 1.165) is 25.8 Å². The predicted octanol–water partition coefficient (Wildman–Crippen LogP) is -0.295. The van der Waals surface area contributed by atoms with Gasteiger partial charge in [0.05, 0.1) is 17.1 Å². The highest BCUT2D eigenvalue weighted by molar-refractivity contribution is 7.89. The number of benzene rings is 1. The van der Waals surface area contributed by atoms with E-state index in [-0.39, 0.29) is 33.9 Å². The highest BCUT2D eigenvalue weighted by atomic mass is 32.2. The predicted molar refractivity (Wildman–Crippen MR) is 93.2 cm³/mol. The van der Waals surface area contributed by atoms with Crippen LogP contribution in [-0.4, -0.2) is 45.0 Å². The molecule has 0 aromatic heterocycles. The molecule has 3 rings (SSSR count). The minimum Gasteiger partial charge on any atom is -0.492 e. The molecule has 2 atom stereocenters. The number of hydrogen-bond donors (Lipinski definition) is 3. The Morgan fingerprint density at radius 3 is 2.84 bits per heavy atom. The third-order valence-electron chi connectivity index (χ3n) is 4.67. The summed E-state index contributed by atoms with van der Waals surface area (Å²) >= 11 is 0. The summed E-state index contributed by atoms with van der Waals surface area (Å²) in [6, 6.07) is 3.04. The molecule has 0 radical (unpaired) electrons. The topological polar surface area (TPSA) is 142 Å². The van der Waals surface area contributed by atoms with Gasteiger partial charge in [-0.2, -0.15) is 0 Å². The summed E-state index contributed by atoms with van der Waals surface area (Å²) in [7, 11) is -3.88. The Kier molecular flexibility index (Phi) is 6.04. The number of ether oxygens (including phenoxy) is 1. The molecular weight excluding hydrogens is 346 g/mol. The van der Waals surface area contributed by atoms with Crippen molar-refractivity contribution in [3.63, 3.8) is 0 Å². The van der Waals surface area contributed by atoms with Gasteiger partial charge in [0.25, 0.3) is 5.91 Å². The third-order valence-corrected chi connectivity index (χ3v) is 5.56. The van der Waals surface area contributed by atoms with Crippen LogP contribution in [0.4, 0.5) is 0 Å². The molecule has 0 bridgehead atoms. The fourth-order valence-electron chi connectivity index (χ4n) is 3.40. The first-order valence-electron chi connectivity index (χ1n) is 8.27. The lowest BCUT2D eigenvalue weighted by molar-refractivity contribution is 0.0924. The van der Waals surface area contributed by atoms with Crippen molar-refractivity contribution in [1.82, 2.24) is 10.6 Å². The fourth-order valence-corrected chi connectivity index (χ4v) is 3.99. The minimum absolute atomic E-state index is 0. The fraction of sp³-hybridized carbons (Fsp3) is 0.562. The lowest BCUT2D eigenvalue weighted by Gasteiger charge is -2.24. The molecular formula is C16H25N3O5S. The van der Waals surface area contributed by atoms with E-state index < -0.39 is 10.0 Å². The van der Waals surface area contributed by atoms with Crippen LogP contribution >= 0.6 is 0 Å². The Morgan fingerprint density at radius 2 is 2.24 bits per heavy atom. The van der Waals surface area contributed by atoms with Gasteiger partial charge in [-0.1, -0.05) is 6.92 Å². The van der Waals surface area contributed by atoms with Gasteiger partial charge < -0.3 is 20.8 Å². The molecule has 0 spiro atoms. The quantitative estimate of drug-likeness (QED) is 0.651. The third kappa shape index (κ3) is 4.12. The number of sulfonamides is 1. The van der Waals surface area contributed by atoms with Gasteiger partial charge in [0.15, 0.2) is 0 Å². The first kappa shape index (κ1) is 19.6. The first-order valence-corrected chi connectivity index (χ1v) is 9.81. The number of amides is 1. The molecule has 1 aromatic carbocycles. The molecule has 2 aliphatic heterocycles. The molecule has 8 nitrogen and oxygen atoms in total. The first-order chi connectivity index (χ1) is 11.4. The van der Waals surface area contributed by atoms with Crippen LogP contribution in [0.5, 0.6) is 5.75 Å². The summed E-state index contributed by atoms with van der Waals surface area (Å²) in [4.78, 5) is 12.7. The van der Waals surface area contributed by atoms with Crippen molar-refractivity contribution < 1.29 is 23.4 Å². The van der Waals surface area contributed by atoms with Crippen molar-refractivity contribution in [3.8, 4) is 5.75 Å². The maximum atomic E-state index is 12.8. The number of carbonyl (C=O) groups excluding carboxylic acids is 1. The molecule has 2 aliphatic rings. The Labute approximate surface area is 147 Å². The standard InChI is InChI=1S/C16H23N3O4S.H2O/c1-2-13(14-4-3-6-18-14)19-16(20)12-9-11(24(17,21)22)8-10-5-7-23-15(10)12;/h8-9,13-14,18H,2-7H2,1H3,(H,19,20)(H2,17,21,22);1H2. The Bertz CT molecular complexity index is 744. The summed E-state index contributed by atoms with van der Waals surface area (Å²) in [6.45, 7) is 3.41. The van der Waals surface area contributed by atoms with Crippen molar-refractivity contribution in [2.24, 2.45) is 5.14 Å². The van der Waals surface area contributed by atoms with E-state index in [4.69, 9.17) is 9.88 Å². The second-order valence-electron chi connectivity index (χ2n) is 6.29. The normalized spacial score (nSPS) is 20.3. The number of nitrogens with two attached hydrogens (primary N) is 1. The van der Waals surface area contributed by atoms with Crippen molar-refractivity contribution in [1.29, 1.82) is 0 Å². The average molecular weight is 371 g/mol. The van der Waals surface area contributed by atoms with Crippen LogP contribution in [-0.2, 0) is 16.4 Å². The van der Waals surface area contributed by atoms with Crippen molar-refractivity contribution in [3.05, 3.63) is 23.3 Å². The van der Waals surface area contributed by atoms with Crippen LogP contribution in [0.15, 0.2) is 17.0 Å². The number of nitrogens with one attached hydrogen (secondary N) is 2. The SMILES string of the molecule is CCC(NC(=O)c1cc(S(N)(=O)=O)cc2c1OCC2)C1CCCN1.O. The highest BCUT2D eigenvalue weighted by Crippen LogP contribution is 2.32. The number of hydrogen-bond acceptors (Lipinski definition) is 5. The van der Waals surface area contributed by atoms with Crippen LogP contribution in [0, 0.1) is 0 Å². The van der Waals surface area contributed by atoms with Crippen molar-refractivity contribution in [2.45, 2.75) is 49.6 Å².